The van der Waals surface area contributed by atoms with Crippen molar-refractivity contribution < 1.29 is 19.3 Å². The molecule has 1 aromatic carbocycles. The minimum Gasteiger partial charge on any atom is -0.481 e. The maximum atomic E-state index is 11.8. The lowest BCUT2D eigenvalue weighted by molar-refractivity contribution is -0.140. The predicted molar refractivity (Wildman–Crippen MR) is 60.9 cm³/mol. The van der Waals surface area contributed by atoms with E-state index in [2.05, 4.69) is 20.3 Å². The summed E-state index contributed by atoms with van der Waals surface area (Å²) >= 11 is 0. The molecule has 0 fully saturated rings. The van der Waals surface area contributed by atoms with E-state index in [4.69, 9.17) is 5.11 Å². The Kier molecular flexibility index (Phi) is 3.22. The molecular formula is C11H11N3O4. The van der Waals surface area contributed by atoms with Crippen LogP contribution in [0.25, 0.3) is 11.0 Å². The van der Waals surface area contributed by atoms with Crippen molar-refractivity contribution in [2.75, 3.05) is 6.54 Å². The number of carboxylic acids is 1. The van der Waals surface area contributed by atoms with E-state index in [1.165, 1.54) is 13.0 Å². The number of nitrogens with one attached hydrogen (secondary N) is 1. The number of fused-ring (bicyclic) bond motifs is 1. The van der Waals surface area contributed by atoms with Gasteiger partial charge in [-0.1, -0.05) is 6.92 Å². The van der Waals surface area contributed by atoms with Gasteiger partial charge in [-0.15, -0.1) is 0 Å². The van der Waals surface area contributed by atoms with E-state index in [1.54, 1.807) is 12.1 Å². The van der Waals surface area contributed by atoms with Gasteiger partial charge in [0.2, 0.25) is 0 Å². The molecule has 1 atom stereocenters. The summed E-state index contributed by atoms with van der Waals surface area (Å²) in [6.07, 6.45) is 0. The first-order valence-electron chi connectivity index (χ1n) is 5.31. The highest BCUT2D eigenvalue weighted by Crippen LogP contribution is 2.11. The Morgan fingerprint density at radius 3 is 2.83 bits per heavy atom. The van der Waals surface area contributed by atoms with Gasteiger partial charge < -0.3 is 10.4 Å². The van der Waals surface area contributed by atoms with E-state index in [1.807, 2.05) is 0 Å². The Bertz CT molecular complexity index is 593. The summed E-state index contributed by atoms with van der Waals surface area (Å²) in [6, 6.07) is 4.72. The molecule has 0 bridgehead atoms. The number of hydrogen-bond acceptors (Lipinski definition) is 5. The Labute approximate surface area is 102 Å². The number of amides is 1. The van der Waals surface area contributed by atoms with E-state index >= 15 is 0 Å². The van der Waals surface area contributed by atoms with Crippen molar-refractivity contribution in [3.63, 3.8) is 0 Å². The molecule has 0 aliphatic heterocycles. The summed E-state index contributed by atoms with van der Waals surface area (Å²) in [6.45, 7) is 1.59. The van der Waals surface area contributed by atoms with Crippen molar-refractivity contribution in [3.8, 4) is 0 Å². The maximum absolute atomic E-state index is 11.8. The summed E-state index contributed by atoms with van der Waals surface area (Å²) in [7, 11) is 0. The van der Waals surface area contributed by atoms with E-state index in [0.717, 1.165) is 0 Å². The smallest absolute Gasteiger partial charge is 0.308 e. The van der Waals surface area contributed by atoms with Gasteiger partial charge in [-0.05, 0) is 28.5 Å². The molecule has 1 heterocycles. The highest BCUT2D eigenvalue weighted by atomic mass is 16.6. The van der Waals surface area contributed by atoms with Gasteiger partial charge in [0, 0.05) is 12.1 Å². The number of carbonyl (C=O) groups excluding carboxylic acids is 1. The second-order valence-corrected chi connectivity index (χ2v) is 3.92. The van der Waals surface area contributed by atoms with Crippen LogP contribution in [0.1, 0.15) is 17.3 Å². The second kappa shape index (κ2) is 4.82. The average Bonchev–Trinajstić information content (AvgIpc) is 2.82. The second-order valence-electron chi connectivity index (χ2n) is 3.92. The fourth-order valence-electron chi connectivity index (χ4n) is 1.36. The minimum atomic E-state index is -0.952. The molecule has 2 aromatic rings. The van der Waals surface area contributed by atoms with Crippen molar-refractivity contribution >= 4 is 22.9 Å². The molecule has 0 radical (unpaired) electrons. The number of benzene rings is 1. The van der Waals surface area contributed by atoms with Gasteiger partial charge in [0.15, 0.2) is 0 Å². The van der Waals surface area contributed by atoms with Gasteiger partial charge in [-0.2, -0.15) is 0 Å². The topological polar surface area (TPSA) is 105 Å². The van der Waals surface area contributed by atoms with Gasteiger partial charge in [-0.3, -0.25) is 9.59 Å². The molecule has 7 heteroatoms. The van der Waals surface area contributed by atoms with Crippen molar-refractivity contribution in [2.45, 2.75) is 6.92 Å². The van der Waals surface area contributed by atoms with Crippen LogP contribution in [-0.4, -0.2) is 33.8 Å². The first-order chi connectivity index (χ1) is 8.58. The van der Waals surface area contributed by atoms with Gasteiger partial charge in [-0.25, -0.2) is 4.63 Å². The summed E-state index contributed by atoms with van der Waals surface area (Å²) in [5.41, 5.74) is 1.43. The molecule has 94 valence electrons. The molecule has 7 nitrogen and oxygen atoms in total. The highest BCUT2D eigenvalue weighted by molar-refractivity contribution is 5.97. The molecular weight excluding hydrogens is 238 g/mol. The van der Waals surface area contributed by atoms with Crippen molar-refractivity contribution in [3.05, 3.63) is 23.8 Å². The van der Waals surface area contributed by atoms with E-state index in [-0.39, 0.29) is 12.5 Å². The van der Waals surface area contributed by atoms with E-state index in [9.17, 15) is 9.59 Å². The van der Waals surface area contributed by atoms with Crippen molar-refractivity contribution in [2.24, 2.45) is 5.92 Å². The molecule has 2 N–H and O–H groups in total. The van der Waals surface area contributed by atoms with Crippen LogP contribution in [0.3, 0.4) is 0 Å². The normalized spacial score (nSPS) is 12.3. The third-order valence-electron chi connectivity index (χ3n) is 2.51. The summed E-state index contributed by atoms with van der Waals surface area (Å²) in [5, 5.41) is 18.5. The monoisotopic (exact) mass is 249 g/mol. The van der Waals surface area contributed by atoms with Crippen LogP contribution in [0.2, 0.25) is 0 Å². The van der Waals surface area contributed by atoms with Crippen molar-refractivity contribution in [1.29, 1.82) is 0 Å². The zero-order valence-electron chi connectivity index (χ0n) is 9.58. The third-order valence-corrected chi connectivity index (χ3v) is 2.51. The Balaban J connectivity index is 2.06. The zero-order valence-corrected chi connectivity index (χ0v) is 9.58. The van der Waals surface area contributed by atoms with Crippen LogP contribution in [0.4, 0.5) is 0 Å². The van der Waals surface area contributed by atoms with Gasteiger partial charge in [0.25, 0.3) is 5.91 Å². The van der Waals surface area contributed by atoms with Crippen LogP contribution < -0.4 is 5.32 Å². The Hall–Kier alpha value is -2.44. The fourth-order valence-corrected chi connectivity index (χ4v) is 1.36. The molecule has 0 spiro atoms. The van der Waals surface area contributed by atoms with Crippen molar-refractivity contribution in [1.82, 2.24) is 15.6 Å². The lowest BCUT2D eigenvalue weighted by Gasteiger charge is -2.08. The largest absolute Gasteiger partial charge is 0.481 e. The number of carboxylic acid groups (broad SMARTS) is 1. The van der Waals surface area contributed by atoms with E-state index < -0.39 is 11.9 Å². The standard InChI is InChI=1S/C11H11N3O4/c1-6(11(16)17)5-12-10(15)7-2-3-8-9(4-7)14-18-13-8/h2-4,6H,5H2,1H3,(H,12,15)(H,16,17)/t6-/m1/s1. The number of hydrogen-bond donors (Lipinski definition) is 2. The fraction of sp³-hybridized carbons (Fsp3) is 0.273. The Morgan fingerprint density at radius 1 is 1.39 bits per heavy atom. The molecule has 0 unspecified atom stereocenters. The number of rotatable bonds is 4. The number of carbonyl (C=O) groups is 2. The van der Waals surface area contributed by atoms with Gasteiger partial charge in [0.05, 0.1) is 5.92 Å². The lowest BCUT2D eigenvalue weighted by Crippen LogP contribution is -2.31. The SMILES string of the molecule is C[C@H](CNC(=O)c1ccc2nonc2c1)C(=O)O. The molecule has 0 saturated carbocycles. The van der Waals surface area contributed by atoms with Gasteiger partial charge in [0.1, 0.15) is 11.0 Å². The minimum absolute atomic E-state index is 0.0727. The number of aliphatic carboxylic acids is 1. The predicted octanol–water partition coefficient (Wildman–Crippen LogP) is 0.673. The highest BCUT2D eigenvalue weighted by Gasteiger charge is 2.13. The Morgan fingerprint density at radius 2 is 2.11 bits per heavy atom. The third kappa shape index (κ3) is 2.45. The van der Waals surface area contributed by atoms with E-state index in [0.29, 0.717) is 16.6 Å². The molecule has 0 aliphatic rings. The molecule has 2 rings (SSSR count). The first kappa shape index (κ1) is 12.0. The first-order valence-corrected chi connectivity index (χ1v) is 5.31. The molecule has 1 amide bonds. The number of nitrogens with zero attached hydrogens (tertiary/aromatic N) is 2. The van der Waals surface area contributed by atoms with Crippen LogP contribution in [0.15, 0.2) is 22.8 Å². The number of aromatic nitrogens is 2. The quantitative estimate of drug-likeness (QED) is 0.825. The van der Waals surface area contributed by atoms with Gasteiger partial charge >= 0.3 is 5.97 Å². The average molecular weight is 249 g/mol. The summed E-state index contributed by atoms with van der Waals surface area (Å²) in [4.78, 5) is 22.4. The lowest BCUT2D eigenvalue weighted by atomic mass is 10.1. The molecule has 1 aromatic heterocycles. The maximum Gasteiger partial charge on any atom is 0.308 e. The van der Waals surface area contributed by atoms with Crippen LogP contribution in [0, 0.1) is 5.92 Å². The molecule has 0 aliphatic carbocycles. The van der Waals surface area contributed by atoms with Crippen LogP contribution in [0.5, 0.6) is 0 Å². The summed E-state index contributed by atoms with van der Waals surface area (Å²) < 4.78 is 4.52. The van der Waals surface area contributed by atoms with Crippen LogP contribution in [-0.2, 0) is 4.79 Å². The molecule has 0 saturated heterocycles. The zero-order chi connectivity index (χ0) is 13.1. The molecule has 18 heavy (non-hydrogen) atoms. The van der Waals surface area contributed by atoms with Crippen LogP contribution >= 0.6 is 0 Å². The summed E-state index contributed by atoms with van der Waals surface area (Å²) in [5.74, 6) is -1.94.